The van der Waals surface area contributed by atoms with Crippen LogP contribution in [0.4, 0.5) is 5.69 Å². The van der Waals surface area contributed by atoms with Gasteiger partial charge in [0.2, 0.25) is 0 Å². The maximum absolute atomic E-state index is 13.6. The summed E-state index contributed by atoms with van der Waals surface area (Å²) >= 11 is 0. The second-order valence-corrected chi connectivity index (χ2v) is 10.6. The molecular formula is C32H34N2O2. The quantitative estimate of drug-likeness (QED) is 0.403. The fourth-order valence-corrected chi connectivity index (χ4v) is 6.02. The largest absolute Gasteiger partial charge is 0.489 e. The zero-order valence-corrected chi connectivity index (χ0v) is 20.9. The molecule has 36 heavy (non-hydrogen) atoms. The number of carbonyl (C=O) groups excluding carboxylic acids is 1. The van der Waals surface area contributed by atoms with E-state index in [2.05, 4.69) is 72.9 Å². The van der Waals surface area contributed by atoms with E-state index in [1.165, 1.54) is 11.1 Å². The van der Waals surface area contributed by atoms with Gasteiger partial charge in [-0.3, -0.25) is 4.79 Å². The van der Waals surface area contributed by atoms with Crippen molar-refractivity contribution in [3.05, 3.63) is 107 Å². The fraction of sp³-hybridized carbons (Fsp3) is 0.344. The lowest BCUT2D eigenvalue weighted by atomic mass is 9.76. The van der Waals surface area contributed by atoms with Gasteiger partial charge in [0.05, 0.1) is 17.3 Å². The van der Waals surface area contributed by atoms with Gasteiger partial charge in [-0.15, -0.1) is 0 Å². The molecule has 1 fully saturated rings. The van der Waals surface area contributed by atoms with Gasteiger partial charge in [-0.1, -0.05) is 73.7 Å². The number of carbonyl (C=O) groups is 1. The number of ether oxygens (including phenoxy) is 1. The Morgan fingerprint density at radius 2 is 1.75 bits per heavy atom. The van der Waals surface area contributed by atoms with Crippen molar-refractivity contribution in [2.24, 2.45) is 11.8 Å². The third-order valence-corrected chi connectivity index (χ3v) is 8.19. The molecule has 6 rings (SSSR count). The fourth-order valence-electron chi connectivity index (χ4n) is 6.02. The number of piperidine rings is 1. The minimum atomic E-state index is 0.149. The molecule has 0 spiro atoms. The molecular weight excluding hydrogens is 444 g/mol. The molecule has 2 heterocycles. The van der Waals surface area contributed by atoms with Gasteiger partial charge < -0.3 is 15.0 Å². The summed E-state index contributed by atoms with van der Waals surface area (Å²) in [6.45, 7) is 4.54. The summed E-state index contributed by atoms with van der Waals surface area (Å²) in [5.74, 6) is 2.50. The predicted molar refractivity (Wildman–Crippen MR) is 144 cm³/mol. The molecule has 3 atom stereocenters. The van der Waals surface area contributed by atoms with Crippen molar-refractivity contribution >= 4 is 11.6 Å². The maximum atomic E-state index is 13.6. The first-order valence-corrected chi connectivity index (χ1v) is 13.3. The number of likely N-dealkylation sites (tertiary alicyclic amines) is 1. The number of hydrogen-bond acceptors (Lipinski definition) is 3. The number of nitrogens with one attached hydrogen (secondary N) is 1. The van der Waals surface area contributed by atoms with Crippen LogP contribution < -0.4 is 10.1 Å². The summed E-state index contributed by atoms with van der Waals surface area (Å²) in [6.07, 6.45) is 7.85. The molecule has 1 N–H and O–H groups in total. The van der Waals surface area contributed by atoms with Crippen LogP contribution in [0.3, 0.4) is 0 Å². The van der Waals surface area contributed by atoms with Crippen molar-refractivity contribution in [3.63, 3.8) is 0 Å². The Balaban J connectivity index is 1.25. The van der Waals surface area contributed by atoms with Crippen LogP contribution in [-0.4, -0.2) is 23.9 Å². The van der Waals surface area contributed by atoms with E-state index in [1.54, 1.807) is 0 Å². The van der Waals surface area contributed by atoms with E-state index >= 15 is 0 Å². The number of rotatable bonds is 5. The van der Waals surface area contributed by atoms with Crippen LogP contribution in [0.15, 0.2) is 84.9 Å². The molecule has 4 nitrogen and oxygen atoms in total. The van der Waals surface area contributed by atoms with E-state index in [0.717, 1.165) is 54.9 Å². The standard InChI is InChI=1S/C32H34N2O2/c1-22-17-19-34(20-18-22)32(35)29-12-6-11-28-26-9-5-10-27(26)30(33-31(28)29)24-13-15-25(16-14-24)36-21-23-7-3-2-4-8-23/h2-9,11-16,22,26-27,30,33H,10,17-21H2,1H3. The summed E-state index contributed by atoms with van der Waals surface area (Å²) in [5.41, 5.74) is 5.48. The Kier molecular flexibility index (Phi) is 6.27. The third kappa shape index (κ3) is 4.41. The third-order valence-electron chi connectivity index (χ3n) is 8.19. The number of anilines is 1. The first-order valence-electron chi connectivity index (χ1n) is 13.3. The van der Waals surface area contributed by atoms with E-state index in [1.807, 2.05) is 29.2 Å². The van der Waals surface area contributed by atoms with Gasteiger partial charge in [0, 0.05) is 19.0 Å². The van der Waals surface area contributed by atoms with Gasteiger partial charge in [-0.2, -0.15) is 0 Å². The van der Waals surface area contributed by atoms with E-state index in [9.17, 15) is 4.79 Å². The van der Waals surface area contributed by atoms with Crippen molar-refractivity contribution in [1.29, 1.82) is 0 Å². The molecule has 2 aliphatic heterocycles. The predicted octanol–water partition coefficient (Wildman–Crippen LogP) is 6.96. The molecule has 1 aliphatic carbocycles. The number of benzene rings is 3. The first kappa shape index (κ1) is 22.9. The molecule has 184 valence electrons. The van der Waals surface area contributed by atoms with E-state index in [0.29, 0.717) is 24.4 Å². The number of fused-ring (bicyclic) bond motifs is 3. The first-order chi connectivity index (χ1) is 17.7. The molecule has 3 unspecified atom stereocenters. The summed E-state index contributed by atoms with van der Waals surface area (Å²) in [5, 5.41) is 3.83. The number of para-hydroxylation sites is 1. The Morgan fingerprint density at radius 1 is 0.972 bits per heavy atom. The van der Waals surface area contributed by atoms with Crippen molar-refractivity contribution in [2.75, 3.05) is 18.4 Å². The average molecular weight is 479 g/mol. The molecule has 0 radical (unpaired) electrons. The van der Waals surface area contributed by atoms with Gasteiger partial charge >= 0.3 is 0 Å². The molecule has 1 saturated heterocycles. The number of nitrogens with zero attached hydrogens (tertiary/aromatic N) is 1. The SMILES string of the molecule is CC1CCN(C(=O)c2cccc3c2NC(c2ccc(OCc4ccccc4)cc2)C2CC=CC32)CC1. The monoisotopic (exact) mass is 478 g/mol. The maximum Gasteiger partial charge on any atom is 0.255 e. The van der Waals surface area contributed by atoms with Crippen LogP contribution >= 0.6 is 0 Å². The summed E-state index contributed by atoms with van der Waals surface area (Å²) in [6, 6.07) is 25.1. The molecule has 3 aromatic carbocycles. The average Bonchev–Trinajstić information content (AvgIpc) is 3.43. The van der Waals surface area contributed by atoms with Crippen LogP contribution in [0.25, 0.3) is 0 Å². The Morgan fingerprint density at radius 3 is 2.53 bits per heavy atom. The van der Waals surface area contributed by atoms with E-state index in [-0.39, 0.29) is 11.9 Å². The molecule has 1 amide bonds. The van der Waals surface area contributed by atoms with Gasteiger partial charge in [0.1, 0.15) is 12.4 Å². The van der Waals surface area contributed by atoms with Crippen molar-refractivity contribution in [1.82, 2.24) is 4.90 Å². The summed E-state index contributed by atoms with van der Waals surface area (Å²) in [4.78, 5) is 15.6. The van der Waals surface area contributed by atoms with E-state index < -0.39 is 0 Å². The minimum Gasteiger partial charge on any atom is -0.489 e. The van der Waals surface area contributed by atoms with Crippen molar-refractivity contribution in [3.8, 4) is 5.75 Å². The number of hydrogen-bond donors (Lipinski definition) is 1. The second kappa shape index (κ2) is 9.85. The van der Waals surface area contributed by atoms with Crippen LogP contribution in [0.2, 0.25) is 0 Å². The van der Waals surface area contributed by atoms with Gasteiger partial charge in [0.25, 0.3) is 5.91 Å². The minimum absolute atomic E-state index is 0.149. The molecule has 0 saturated carbocycles. The van der Waals surface area contributed by atoms with E-state index in [4.69, 9.17) is 4.74 Å². The lowest BCUT2D eigenvalue weighted by Gasteiger charge is -2.39. The van der Waals surface area contributed by atoms with Crippen molar-refractivity contribution < 1.29 is 9.53 Å². The van der Waals surface area contributed by atoms with Crippen LogP contribution in [0.5, 0.6) is 5.75 Å². The van der Waals surface area contributed by atoms with Gasteiger partial charge in [-0.25, -0.2) is 0 Å². The highest BCUT2D eigenvalue weighted by Crippen LogP contribution is 2.51. The highest BCUT2D eigenvalue weighted by atomic mass is 16.5. The summed E-state index contributed by atoms with van der Waals surface area (Å²) in [7, 11) is 0. The topological polar surface area (TPSA) is 41.6 Å². The zero-order chi connectivity index (χ0) is 24.5. The second-order valence-electron chi connectivity index (χ2n) is 10.6. The van der Waals surface area contributed by atoms with Gasteiger partial charge in [0.15, 0.2) is 0 Å². The van der Waals surface area contributed by atoms with Crippen molar-refractivity contribution in [2.45, 2.75) is 44.8 Å². The highest BCUT2D eigenvalue weighted by Gasteiger charge is 2.39. The Hall–Kier alpha value is -3.53. The molecule has 0 aromatic heterocycles. The smallest absolute Gasteiger partial charge is 0.255 e. The normalized spacial score (nSPS) is 23.0. The molecule has 4 heteroatoms. The molecule has 3 aliphatic rings. The number of allylic oxidation sites excluding steroid dienone is 2. The van der Waals surface area contributed by atoms with Gasteiger partial charge in [-0.05, 0) is 66.0 Å². The lowest BCUT2D eigenvalue weighted by Crippen LogP contribution is -2.39. The molecule has 0 bridgehead atoms. The van der Waals surface area contributed by atoms with Crippen LogP contribution in [0, 0.1) is 11.8 Å². The highest BCUT2D eigenvalue weighted by molar-refractivity contribution is 6.01. The lowest BCUT2D eigenvalue weighted by molar-refractivity contribution is 0.0698. The van der Waals surface area contributed by atoms with Crippen LogP contribution in [0.1, 0.15) is 65.2 Å². The van der Waals surface area contributed by atoms with Crippen LogP contribution in [-0.2, 0) is 6.61 Å². The Bertz CT molecular complexity index is 1240. The number of amides is 1. The Labute approximate surface area is 214 Å². The molecule has 3 aromatic rings. The summed E-state index contributed by atoms with van der Waals surface area (Å²) < 4.78 is 6.02. The zero-order valence-electron chi connectivity index (χ0n) is 20.9.